The number of hydrogen-bond acceptors (Lipinski definition) is 2. The molecule has 0 bridgehead atoms. The minimum atomic E-state index is -0.901. The molecule has 1 saturated heterocycles. The third-order valence-corrected chi connectivity index (χ3v) is 3.80. The van der Waals surface area contributed by atoms with Gasteiger partial charge in [-0.15, -0.1) is 0 Å². The second-order valence-corrected chi connectivity index (χ2v) is 5.05. The summed E-state index contributed by atoms with van der Waals surface area (Å²) in [6.45, 7) is 4.30. The van der Waals surface area contributed by atoms with E-state index >= 15 is 0 Å². The molecule has 0 radical (unpaired) electrons. The van der Waals surface area contributed by atoms with Crippen molar-refractivity contribution in [1.29, 1.82) is 0 Å². The molecule has 1 aliphatic rings. The van der Waals surface area contributed by atoms with E-state index in [1.807, 2.05) is 18.2 Å². The number of carboxylic acids is 1. The summed E-state index contributed by atoms with van der Waals surface area (Å²) in [5.74, 6) is -0.901. The topological polar surface area (TPSA) is 40.5 Å². The van der Waals surface area contributed by atoms with Gasteiger partial charge in [-0.3, -0.25) is 4.90 Å². The summed E-state index contributed by atoms with van der Waals surface area (Å²) >= 11 is 0. The Morgan fingerprint density at radius 2 is 2.26 bits per heavy atom. The molecule has 1 aromatic carbocycles. The molecule has 19 heavy (non-hydrogen) atoms. The second-order valence-electron chi connectivity index (χ2n) is 5.05. The quantitative estimate of drug-likeness (QED) is 0.826. The third-order valence-electron chi connectivity index (χ3n) is 3.80. The van der Waals surface area contributed by atoms with Crippen LogP contribution in [0, 0.1) is 0 Å². The Hall–Kier alpha value is -1.61. The first-order valence-electron chi connectivity index (χ1n) is 6.93. The number of benzene rings is 1. The predicted molar refractivity (Wildman–Crippen MR) is 76.8 cm³/mol. The monoisotopic (exact) mass is 259 g/mol. The van der Waals surface area contributed by atoms with E-state index in [1.165, 1.54) is 30.9 Å². The van der Waals surface area contributed by atoms with Crippen molar-refractivity contribution >= 4 is 12.0 Å². The molecule has 102 valence electrons. The highest BCUT2D eigenvalue weighted by atomic mass is 16.4. The van der Waals surface area contributed by atoms with Gasteiger partial charge in [0.25, 0.3) is 0 Å². The van der Waals surface area contributed by atoms with Gasteiger partial charge in [0.1, 0.15) is 0 Å². The van der Waals surface area contributed by atoms with Crippen molar-refractivity contribution in [3.05, 3.63) is 41.5 Å². The molecular formula is C16H21NO2. The Labute approximate surface area is 114 Å². The van der Waals surface area contributed by atoms with Crippen LogP contribution >= 0.6 is 0 Å². The Balaban J connectivity index is 2.13. The molecular weight excluding hydrogens is 238 g/mol. The highest BCUT2D eigenvalue weighted by molar-refractivity contribution is 5.85. The molecule has 3 heteroatoms. The highest BCUT2D eigenvalue weighted by Gasteiger charge is 2.22. The molecule has 0 amide bonds. The van der Waals surface area contributed by atoms with Crippen LogP contribution in [0.1, 0.15) is 37.3 Å². The molecule has 0 aliphatic carbocycles. The van der Waals surface area contributed by atoms with E-state index < -0.39 is 5.97 Å². The van der Waals surface area contributed by atoms with Crippen LogP contribution in [0.3, 0.4) is 0 Å². The lowest BCUT2D eigenvalue weighted by atomic mass is 10.1. The van der Waals surface area contributed by atoms with Gasteiger partial charge in [-0.1, -0.05) is 31.2 Å². The van der Waals surface area contributed by atoms with E-state index in [2.05, 4.69) is 17.9 Å². The Kier molecular flexibility index (Phi) is 4.74. The SMILES string of the molecule is CCC1CCCN1Cc1ccccc1/C=C/C(=O)O. The van der Waals surface area contributed by atoms with Crippen LogP contribution in [0.2, 0.25) is 0 Å². The smallest absolute Gasteiger partial charge is 0.328 e. The number of likely N-dealkylation sites (tertiary alicyclic amines) is 1. The fourth-order valence-electron chi connectivity index (χ4n) is 2.79. The van der Waals surface area contributed by atoms with E-state index in [1.54, 1.807) is 6.08 Å². The summed E-state index contributed by atoms with van der Waals surface area (Å²) in [4.78, 5) is 13.1. The number of carboxylic acid groups (broad SMARTS) is 1. The molecule has 1 fully saturated rings. The third kappa shape index (κ3) is 3.67. The first-order chi connectivity index (χ1) is 9.20. The summed E-state index contributed by atoms with van der Waals surface area (Å²) in [5, 5.41) is 8.73. The zero-order valence-corrected chi connectivity index (χ0v) is 11.4. The predicted octanol–water partition coefficient (Wildman–Crippen LogP) is 3.16. The van der Waals surface area contributed by atoms with E-state index in [9.17, 15) is 4.79 Å². The summed E-state index contributed by atoms with van der Waals surface area (Å²) < 4.78 is 0. The van der Waals surface area contributed by atoms with Crippen molar-refractivity contribution in [3.8, 4) is 0 Å². The lowest BCUT2D eigenvalue weighted by molar-refractivity contribution is -0.131. The van der Waals surface area contributed by atoms with Crippen molar-refractivity contribution < 1.29 is 9.90 Å². The molecule has 0 saturated carbocycles. The van der Waals surface area contributed by atoms with Gasteiger partial charge in [0.2, 0.25) is 0 Å². The molecule has 0 spiro atoms. The van der Waals surface area contributed by atoms with Crippen LogP contribution in [-0.4, -0.2) is 28.6 Å². The van der Waals surface area contributed by atoms with Crippen molar-refractivity contribution in [2.45, 2.75) is 38.8 Å². The lowest BCUT2D eigenvalue weighted by Crippen LogP contribution is -2.28. The maximum absolute atomic E-state index is 10.6. The van der Waals surface area contributed by atoms with Gasteiger partial charge in [-0.25, -0.2) is 4.79 Å². The number of aliphatic carboxylic acids is 1. The molecule has 2 rings (SSSR count). The minimum absolute atomic E-state index is 0.677. The number of nitrogens with zero attached hydrogens (tertiary/aromatic N) is 1. The van der Waals surface area contributed by atoms with Crippen molar-refractivity contribution in [1.82, 2.24) is 4.90 Å². The largest absolute Gasteiger partial charge is 0.478 e. The Morgan fingerprint density at radius 1 is 1.47 bits per heavy atom. The molecule has 1 N–H and O–H groups in total. The first kappa shape index (κ1) is 13.8. The zero-order chi connectivity index (χ0) is 13.7. The van der Waals surface area contributed by atoms with Crippen LogP contribution in [-0.2, 0) is 11.3 Å². The maximum atomic E-state index is 10.6. The first-order valence-corrected chi connectivity index (χ1v) is 6.93. The minimum Gasteiger partial charge on any atom is -0.478 e. The molecule has 1 unspecified atom stereocenters. The number of carbonyl (C=O) groups is 1. The van der Waals surface area contributed by atoms with Crippen LogP contribution in [0.25, 0.3) is 6.08 Å². The van der Waals surface area contributed by atoms with Gasteiger partial charge in [0.15, 0.2) is 0 Å². The molecule has 0 aromatic heterocycles. The van der Waals surface area contributed by atoms with Gasteiger partial charge in [0, 0.05) is 18.7 Å². The average Bonchev–Trinajstić information content (AvgIpc) is 2.85. The summed E-state index contributed by atoms with van der Waals surface area (Å²) in [7, 11) is 0. The van der Waals surface area contributed by atoms with Crippen molar-refractivity contribution in [2.75, 3.05) is 6.54 Å². The van der Waals surface area contributed by atoms with Gasteiger partial charge in [-0.2, -0.15) is 0 Å². The van der Waals surface area contributed by atoms with Crippen molar-refractivity contribution in [3.63, 3.8) is 0 Å². The van der Waals surface area contributed by atoms with Crippen LogP contribution in [0.4, 0.5) is 0 Å². The van der Waals surface area contributed by atoms with Crippen molar-refractivity contribution in [2.24, 2.45) is 0 Å². The molecule has 1 heterocycles. The second kappa shape index (κ2) is 6.53. The molecule has 1 aliphatic heterocycles. The van der Waals surface area contributed by atoms with E-state index in [-0.39, 0.29) is 0 Å². The maximum Gasteiger partial charge on any atom is 0.328 e. The van der Waals surface area contributed by atoms with Gasteiger partial charge >= 0.3 is 5.97 Å². The molecule has 1 atom stereocenters. The van der Waals surface area contributed by atoms with Crippen LogP contribution < -0.4 is 0 Å². The summed E-state index contributed by atoms with van der Waals surface area (Å²) in [5.41, 5.74) is 2.21. The number of hydrogen-bond donors (Lipinski definition) is 1. The Morgan fingerprint density at radius 3 is 3.00 bits per heavy atom. The van der Waals surface area contributed by atoms with Gasteiger partial charge in [-0.05, 0) is 43.0 Å². The fraction of sp³-hybridized carbons (Fsp3) is 0.438. The Bertz CT molecular complexity index is 468. The molecule has 3 nitrogen and oxygen atoms in total. The average molecular weight is 259 g/mol. The highest BCUT2D eigenvalue weighted by Crippen LogP contribution is 2.23. The summed E-state index contributed by atoms with van der Waals surface area (Å²) in [6.07, 6.45) is 6.64. The van der Waals surface area contributed by atoms with E-state index in [4.69, 9.17) is 5.11 Å². The fourth-order valence-corrected chi connectivity index (χ4v) is 2.79. The number of rotatable bonds is 5. The summed E-state index contributed by atoms with van der Waals surface area (Å²) in [6, 6.07) is 8.71. The standard InChI is InChI=1S/C16H21NO2/c1-2-15-8-5-11-17(15)12-14-7-4-3-6-13(14)9-10-16(18)19/h3-4,6-7,9-10,15H,2,5,8,11-12H2,1H3,(H,18,19)/b10-9+. The van der Waals surface area contributed by atoms with Gasteiger partial charge < -0.3 is 5.11 Å². The van der Waals surface area contributed by atoms with Crippen LogP contribution in [0.5, 0.6) is 0 Å². The van der Waals surface area contributed by atoms with E-state index in [0.29, 0.717) is 6.04 Å². The molecule has 1 aromatic rings. The zero-order valence-electron chi connectivity index (χ0n) is 11.4. The van der Waals surface area contributed by atoms with Crippen LogP contribution in [0.15, 0.2) is 30.3 Å². The lowest BCUT2D eigenvalue weighted by Gasteiger charge is -2.24. The van der Waals surface area contributed by atoms with Gasteiger partial charge in [0.05, 0.1) is 0 Å². The normalized spacial score (nSPS) is 20.2. The van der Waals surface area contributed by atoms with E-state index in [0.717, 1.165) is 18.7 Å².